The number of likely N-dealkylation sites (N-methyl/N-ethyl adjacent to an activating group) is 1. The van der Waals surface area contributed by atoms with Crippen molar-refractivity contribution in [3.63, 3.8) is 0 Å². The number of hydrogen-bond donors (Lipinski definition) is 3. The van der Waals surface area contributed by atoms with Gasteiger partial charge in [0.1, 0.15) is 6.54 Å². The second-order valence-corrected chi connectivity index (χ2v) is 5.95. The lowest BCUT2D eigenvalue weighted by Gasteiger charge is -2.24. The molecule has 0 aliphatic carbocycles. The van der Waals surface area contributed by atoms with Gasteiger partial charge in [0, 0.05) is 5.54 Å². The average molecular weight is 340 g/mol. The minimum atomic E-state index is -4.55. The van der Waals surface area contributed by atoms with Crippen LogP contribution in [0.25, 0.3) is 0 Å². The second-order valence-electron chi connectivity index (χ2n) is 5.95. The first-order chi connectivity index (χ1) is 10.3. The molecule has 134 valence electrons. The summed E-state index contributed by atoms with van der Waals surface area (Å²) in [6.07, 6.45) is -4.55. The molecule has 7 nitrogen and oxygen atoms in total. The summed E-state index contributed by atoms with van der Waals surface area (Å²) in [5.41, 5.74) is -0.420. The van der Waals surface area contributed by atoms with E-state index in [0.29, 0.717) is 6.54 Å². The van der Waals surface area contributed by atoms with Crippen LogP contribution in [-0.4, -0.2) is 60.6 Å². The maximum Gasteiger partial charge on any atom is 0.405 e. The molecule has 0 aromatic heterocycles. The number of carbonyl (C=O) groups excluding carboxylic acids is 3. The number of urea groups is 1. The van der Waals surface area contributed by atoms with E-state index in [4.69, 9.17) is 0 Å². The van der Waals surface area contributed by atoms with Crippen molar-refractivity contribution >= 4 is 17.8 Å². The summed E-state index contributed by atoms with van der Waals surface area (Å²) in [6.45, 7) is 5.60. The van der Waals surface area contributed by atoms with Crippen LogP contribution in [0, 0.1) is 0 Å². The average Bonchev–Trinajstić information content (AvgIpc) is 2.32. The molecule has 0 radical (unpaired) electrons. The van der Waals surface area contributed by atoms with Crippen molar-refractivity contribution in [3.05, 3.63) is 0 Å². The summed E-state index contributed by atoms with van der Waals surface area (Å²) >= 11 is 0. The van der Waals surface area contributed by atoms with Crippen molar-refractivity contribution in [2.24, 2.45) is 0 Å². The maximum atomic E-state index is 11.9. The minimum Gasteiger partial charge on any atom is -0.350 e. The fourth-order valence-electron chi connectivity index (χ4n) is 1.53. The number of amides is 4. The van der Waals surface area contributed by atoms with Crippen molar-refractivity contribution < 1.29 is 27.6 Å². The monoisotopic (exact) mass is 340 g/mol. The zero-order valence-corrected chi connectivity index (χ0v) is 13.6. The van der Waals surface area contributed by atoms with Gasteiger partial charge in [0.2, 0.25) is 11.8 Å². The summed E-state index contributed by atoms with van der Waals surface area (Å²) in [5.74, 6) is -1.09. The van der Waals surface area contributed by atoms with E-state index in [1.165, 1.54) is 10.2 Å². The second kappa shape index (κ2) is 8.70. The van der Waals surface area contributed by atoms with E-state index < -0.39 is 30.2 Å². The zero-order valence-electron chi connectivity index (χ0n) is 13.6. The molecule has 4 amide bonds. The lowest BCUT2D eigenvalue weighted by Crippen LogP contribution is -2.50. The lowest BCUT2D eigenvalue weighted by molar-refractivity contribution is -0.127. The molecule has 0 heterocycles. The summed E-state index contributed by atoms with van der Waals surface area (Å²) in [6, 6.07) is -1.23. The number of nitrogens with zero attached hydrogens (tertiary/aromatic N) is 1. The number of nitrogens with one attached hydrogen (secondary N) is 3. The number of alkyl halides is 3. The summed E-state index contributed by atoms with van der Waals surface area (Å²) in [7, 11) is 0. The molecular formula is C13H23F3N4O3. The van der Waals surface area contributed by atoms with Crippen LogP contribution in [-0.2, 0) is 9.59 Å². The van der Waals surface area contributed by atoms with Crippen molar-refractivity contribution in [1.82, 2.24) is 20.9 Å². The van der Waals surface area contributed by atoms with Gasteiger partial charge in [-0.25, -0.2) is 4.79 Å². The highest BCUT2D eigenvalue weighted by molar-refractivity contribution is 5.95. The number of imide groups is 1. The molecule has 0 atom stereocenters. The number of carbonyl (C=O) groups is 3. The van der Waals surface area contributed by atoms with Crippen LogP contribution in [0.1, 0.15) is 27.7 Å². The van der Waals surface area contributed by atoms with Gasteiger partial charge in [-0.2, -0.15) is 13.2 Å². The van der Waals surface area contributed by atoms with Crippen molar-refractivity contribution in [2.45, 2.75) is 39.4 Å². The predicted molar refractivity (Wildman–Crippen MR) is 77.6 cm³/mol. The van der Waals surface area contributed by atoms with Crippen molar-refractivity contribution in [3.8, 4) is 0 Å². The van der Waals surface area contributed by atoms with E-state index in [1.54, 1.807) is 33.0 Å². The molecule has 3 N–H and O–H groups in total. The normalized spacial score (nSPS) is 12.0. The fraction of sp³-hybridized carbons (Fsp3) is 0.769. The van der Waals surface area contributed by atoms with Gasteiger partial charge >= 0.3 is 12.2 Å². The Balaban J connectivity index is 4.29. The molecule has 0 spiro atoms. The molecular weight excluding hydrogens is 317 g/mol. The molecule has 0 aromatic rings. The van der Waals surface area contributed by atoms with Crippen LogP contribution in [0.2, 0.25) is 0 Å². The lowest BCUT2D eigenvalue weighted by atomic mass is 10.1. The quantitative estimate of drug-likeness (QED) is 0.661. The van der Waals surface area contributed by atoms with E-state index in [2.05, 4.69) is 5.32 Å². The Morgan fingerprint density at radius 2 is 1.52 bits per heavy atom. The molecule has 0 bridgehead atoms. The number of hydrogen-bond acceptors (Lipinski definition) is 4. The molecule has 0 rings (SSSR count). The first kappa shape index (κ1) is 21.2. The van der Waals surface area contributed by atoms with Crippen LogP contribution in [0.5, 0.6) is 0 Å². The molecule has 0 unspecified atom stereocenters. The van der Waals surface area contributed by atoms with E-state index in [1.807, 2.05) is 0 Å². The van der Waals surface area contributed by atoms with Gasteiger partial charge in [-0.1, -0.05) is 6.92 Å². The number of halogens is 3. The smallest absolute Gasteiger partial charge is 0.350 e. The van der Waals surface area contributed by atoms with E-state index in [9.17, 15) is 27.6 Å². The van der Waals surface area contributed by atoms with Gasteiger partial charge < -0.3 is 10.6 Å². The van der Waals surface area contributed by atoms with E-state index >= 15 is 0 Å². The molecule has 0 aliphatic rings. The van der Waals surface area contributed by atoms with E-state index in [0.717, 1.165) is 0 Å². The topological polar surface area (TPSA) is 90.5 Å². The summed E-state index contributed by atoms with van der Waals surface area (Å²) < 4.78 is 35.8. The number of rotatable bonds is 6. The first-order valence-electron chi connectivity index (χ1n) is 7.00. The summed E-state index contributed by atoms with van der Waals surface area (Å²) in [5, 5.41) is 6.02. The van der Waals surface area contributed by atoms with Gasteiger partial charge in [-0.15, -0.1) is 0 Å². The van der Waals surface area contributed by atoms with Gasteiger partial charge in [-0.05, 0) is 27.3 Å². The Kier molecular flexibility index (Phi) is 8.01. The Morgan fingerprint density at radius 1 is 1.00 bits per heavy atom. The van der Waals surface area contributed by atoms with Crippen molar-refractivity contribution in [1.29, 1.82) is 0 Å². The Hall–Kier alpha value is -1.84. The van der Waals surface area contributed by atoms with E-state index in [-0.39, 0.29) is 19.0 Å². The SMILES string of the molecule is CCN(CC(=O)NC(=O)NCC(F)(F)F)CC(=O)NC(C)(C)C. The van der Waals surface area contributed by atoms with Crippen LogP contribution in [0.4, 0.5) is 18.0 Å². The molecule has 0 fully saturated rings. The van der Waals surface area contributed by atoms with Crippen molar-refractivity contribution in [2.75, 3.05) is 26.2 Å². The third-order valence-electron chi connectivity index (χ3n) is 2.40. The van der Waals surface area contributed by atoms with Gasteiger partial charge in [-0.3, -0.25) is 19.8 Å². The molecule has 10 heteroatoms. The first-order valence-corrected chi connectivity index (χ1v) is 7.00. The predicted octanol–water partition coefficient (Wildman–Crippen LogP) is 0.611. The highest BCUT2D eigenvalue weighted by atomic mass is 19.4. The van der Waals surface area contributed by atoms with Crippen LogP contribution in [0.3, 0.4) is 0 Å². The Labute approximate surface area is 133 Å². The van der Waals surface area contributed by atoms with Gasteiger partial charge in [0.25, 0.3) is 0 Å². The molecule has 0 saturated heterocycles. The largest absolute Gasteiger partial charge is 0.405 e. The molecule has 0 aliphatic heterocycles. The summed E-state index contributed by atoms with van der Waals surface area (Å²) in [4.78, 5) is 35.9. The van der Waals surface area contributed by atoms with Gasteiger partial charge in [0.05, 0.1) is 13.1 Å². The van der Waals surface area contributed by atoms with Crippen LogP contribution < -0.4 is 16.0 Å². The van der Waals surface area contributed by atoms with Crippen LogP contribution in [0.15, 0.2) is 0 Å². The zero-order chi connectivity index (χ0) is 18.3. The third-order valence-corrected chi connectivity index (χ3v) is 2.40. The highest BCUT2D eigenvalue weighted by Gasteiger charge is 2.28. The van der Waals surface area contributed by atoms with Gasteiger partial charge in [0.15, 0.2) is 0 Å². The Bertz CT molecular complexity index is 433. The molecule has 0 aromatic carbocycles. The molecule has 0 saturated carbocycles. The fourth-order valence-corrected chi connectivity index (χ4v) is 1.53. The standard InChI is InChI=1S/C13H23F3N4O3/c1-5-20(7-10(22)19-12(2,3)4)6-9(21)18-11(23)17-8-13(14,15)16/h5-8H2,1-4H3,(H,19,22)(H2,17,18,21,23). The van der Waals surface area contributed by atoms with Crippen LogP contribution >= 0.6 is 0 Å². The third kappa shape index (κ3) is 12.4. The highest BCUT2D eigenvalue weighted by Crippen LogP contribution is 2.11. The maximum absolute atomic E-state index is 11.9. The minimum absolute atomic E-state index is 0.0641. The Morgan fingerprint density at radius 3 is 1.96 bits per heavy atom. The molecule has 23 heavy (non-hydrogen) atoms.